The van der Waals surface area contributed by atoms with Gasteiger partial charge >= 0.3 is 5.97 Å². The zero-order valence-electron chi connectivity index (χ0n) is 11.2. The molecule has 1 aliphatic rings. The second kappa shape index (κ2) is 5.32. The number of nitrogen functional groups attached to an aromatic ring is 1. The summed E-state index contributed by atoms with van der Waals surface area (Å²) >= 11 is 0. The molecule has 1 atom stereocenters. The van der Waals surface area contributed by atoms with Gasteiger partial charge in [0.1, 0.15) is 11.6 Å². The molecule has 0 amide bonds. The smallest absolute Gasteiger partial charge is 0.337 e. The van der Waals surface area contributed by atoms with Gasteiger partial charge in [-0.15, -0.1) is 0 Å². The average Bonchev–Trinajstić information content (AvgIpc) is 2.49. The van der Waals surface area contributed by atoms with Gasteiger partial charge in [-0.2, -0.15) is 0 Å². The molecular weight excluding hydrogens is 270 g/mol. The van der Waals surface area contributed by atoms with Crippen molar-refractivity contribution in [2.45, 2.75) is 12.5 Å². The van der Waals surface area contributed by atoms with Crippen LogP contribution in [0.1, 0.15) is 28.4 Å². The topological polar surface area (TPSA) is 97.5 Å². The van der Waals surface area contributed by atoms with Gasteiger partial charge in [-0.1, -0.05) is 18.2 Å². The summed E-state index contributed by atoms with van der Waals surface area (Å²) in [6, 6.07) is 9.24. The first-order valence-electron chi connectivity index (χ1n) is 6.62. The van der Waals surface area contributed by atoms with Crippen molar-refractivity contribution in [2.24, 2.45) is 0 Å². The van der Waals surface area contributed by atoms with Crippen LogP contribution < -0.4 is 15.8 Å². The van der Waals surface area contributed by atoms with Gasteiger partial charge in [0.25, 0.3) is 0 Å². The van der Waals surface area contributed by atoms with Crippen LogP contribution in [0.3, 0.4) is 0 Å². The molecule has 6 heteroatoms. The molecule has 1 aromatic carbocycles. The van der Waals surface area contributed by atoms with Crippen molar-refractivity contribution < 1.29 is 14.6 Å². The van der Waals surface area contributed by atoms with Crippen molar-refractivity contribution in [3.05, 3.63) is 47.7 Å². The molecule has 2 heterocycles. The Bertz CT molecular complexity index is 688. The molecule has 0 saturated carbocycles. The number of nitrogens with zero attached hydrogens (tertiary/aromatic N) is 1. The van der Waals surface area contributed by atoms with Crippen LogP contribution in [0.15, 0.2) is 36.5 Å². The number of nitrogens with two attached hydrogens (primary N) is 1. The summed E-state index contributed by atoms with van der Waals surface area (Å²) in [5.74, 6) is 0.292. The number of ether oxygens (including phenoxy) is 1. The Morgan fingerprint density at radius 2 is 2.24 bits per heavy atom. The predicted molar refractivity (Wildman–Crippen MR) is 78.5 cm³/mol. The van der Waals surface area contributed by atoms with E-state index in [-0.39, 0.29) is 11.6 Å². The molecule has 0 aliphatic carbocycles. The number of hydrogen-bond donors (Lipinski definition) is 3. The van der Waals surface area contributed by atoms with Crippen LogP contribution in [-0.4, -0.2) is 22.7 Å². The second-order valence-electron chi connectivity index (χ2n) is 4.84. The fraction of sp³-hybridized carbons (Fsp3) is 0.200. The van der Waals surface area contributed by atoms with Gasteiger partial charge in [0.15, 0.2) is 0 Å². The normalized spacial score (nSPS) is 16.7. The van der Waals surface area contributed by atoms with E-state index in [1.165, 1.54) is 12.3 Å². The second-order valence-corrected chi connectivity index (χ2v) is 4.84. The summed E-state index contributed by atoms with van der Waals surface area (Å²) in [5, 5.41) is 12.2. The Morgan fingerprint density at radius 1 is 1.43 bits per heavy atom. The van der Waals surface area contributed by atoms with Crippen LogP contribution in [0, 0.1) is 0 Å². The van der Waals surface area contributed by atoms with Crippen LogP contribution in [0.25, 0.3) is 0 Å². The molecular formula is C15H15N3O3. The van der Waals surface area contributed by atoms with E-state index in [0.29, 0.717) is 18.1 Å². The molecule has 0 radical (unpaired) electrons. The highest BCUT2D eigenvalue weighted by Gasteiger charge is 2.22. The first-order chi connectivity index (χ1) is 10.1. The number of pyridine rings is 1. The molecule has 0 bridgehead atoms. The van der Waals surface area contributed by atoms with E-state index in [4.69, 9.17) is 15.6 Å². The standard InChI is InChI=1S/C15H15N3O3/c16-11-7-9(15(19)20)8-17-14(11)18-12-5-6-21-13-4-2-1-3-10(12)13/h1-4,7-8,12H,5-6,16H2,(H,17,18)(H,19,20). The zero-order chi connectivity index (χ0) is 14.8. The average molecular weight is 285 g/mol. The van der Waals surface area contributed by atoms with E-state index in [2.05, 4.69) is 10.3 Å². The minimum absolute atomic E-state index is 0.0421. The van der Waals surface area contributed by atoms with Crippen molar-refractivity contribution in [2.75, 3.05) is 17.7 Å². The van der Waals surface area contributed by atoms with Crippen molar-refractivity contribution in [1.82, 2.24) is 4.98 Å². The SMILES string of the molecule is Nc1cc(C(=O)O)cnc1NC1CCOc2ccccc21. The highest BCUT2D eigenvalue weighted by molar-refractivity contribution is 5.89. The summed E-state index contributed by atoms with van der Waals surface area (Å²) in [6.45, 7) is 0.613. The predicted octanol–water partition coefficient (Wildman–Crippen LogP) is 2.30. The Morgan fingerprint density at radius 3 is 3.00 bits per heavy atom. The molecule has 108 valence electrons. The van der Waals surface area contributed by atoms with Gasteiger partial charge in [-0.3, -0.25) is 0 Å². The van der Waals surface area contributed by atoms with Gasteiger partial charge < -0.3 is 20.9 Å². The molecule has 0 saturated heterocycles. The van der Waals surface area contributed by atoms with Crippen molar-refractivity contribution in [3.63, 3.8) is 0 Å². The monoisotopic (exact) mass is 285 g/mol. The van der Waals surface area contributed by atoms with Crippen LogP contribution in [0.2, 0.25) is 0 Å². The molecule has 0 fully saturated rings. The molecule has 1 unspecified atom stereocenters. The molecule has 1 aliphatic heterocycles. The number of fused-ring (bicyclic) bond motifs is 1. The quantitative estimate of drug-likeness (QED) is 0.800. The Labute approximate surface area is 121 Å². The minimum Gasteiger partial charge on any atom is -0.493 e. The van der Waals surface area contributed by atoms with Gasteiger partial charge in [-0.25, -0.2) is 9.78 Å². The maximum atomic E-state index is 10.9. The van der Waals surface area contributed by atoms with Crippen LogP contribution in [-0.2, 0) is 0 Å². The summed E-state index contributed by atoms with van der Waals surface area (Å²) in [6.07, 6.45) is 2.09. The summed E-state index contributed by atoms with van der Waals surface area (Å²) in [7, 11) is 0. The maximum Gasteiger partial charge on any atom is 0.337 e. The van der Waals surface area contributed by atoms with Crippen LogP contribution in [0.5, 0.6) is 5.75 Å². The minimum atomic E-state index is -1.04. The number of carboxylic acids is 1. The Kier molecular flexibility index (Phi) is 3.35. The number of anilines is 2. The van der Waals surface area contributed by atoms with Crippen molar-refractivity contribution in [3.8, 4) is 5.75 Å². The molecule has 0 spiro atoms. The molecule has 6 nitrogen and oxygen atoms in total. The van der Waals surface area contributed by atoms with Crippen molar-refractivity contribution >= 4 is 17.5 Å². The van der Waals surface area contributed by atoms with Gasteiger partial charge in [0.05, 0.1) is 23.9 Å². The number of aromatic nitrogens is 1. The number of para-hydroxylation sites is 1. The van der Waals surface area contributed by atoms with Crippen molar-refractivity contribution in [1.29, 1.82) is 0 Å². The van der Waals surface area contributed by atoms with Crippen LogP contribution in [0.4, 0.5) is 11.5 Å². The molecule has 3 rings (SSSR count). The van der Waals surface area contributed by atoms with Crippen LogP contribution >= 0.6 is 0 Å². The number of carboxylic acid groups (broad SMARTS) is 1. The van der Waals surface area contributed by atoms with E-state index in [1.54, 1.807) is 0 Å². The molecule has 1 aromatic heterocycles. The highest BCUT2D eigenvalue weighted by atomic mass is 16.5. The van der Waals surface area contributed by atoms with Gasteiger partial charge in [0.2, 0.25) is 0 Å². The lowest BCUT2D eigenvalue weighted by Crippen LogP contribution is -2.21. The first-order valence-corrected chi connectivity index (χ1v) is 6.62. The lowest BCUT2D eigenvalue weighted by molar-refractivity contribution is 0.0696. The summed E-state index contributed by atoms with van der Waals surface area (Å²) < 4.78 is 5.60. The number of hydrogen-bond acceptors (Lipinski definition) is 5. The third-order valence-corrected chi connectivity index (χ3v) is 3.43. The molecule has 2 aromatic rings. The van der Waals surface area contributed by atoms with E-state index in [9.17, 15) is 4.79 Å². The first kappa shape index (κ1) is 13.2. The molecule has 4 N–H and O–H groups in total. The maximum absolute atomic E-state index is 10.9. The van der Waals surface area contributed by atoms with Gasteiger partial charge in [0, 0.05) is 18.2 Å². The largest absolute Gasteiger partial charge is 0.493 e. The summed E-state index contributed by atoms with van der Waals surface area (Å²) in [5.41, 5.74) is 7.32. The number of rotatable bonds is 3. The third-order valence-electron chi connectivity index (χ3n) is 3.43. The highest BCUT2D eigenvalue weighted by Crippen LogP contribution is 2.34. The Balaban J connectivity index is 1.86. The third kappa shape index (κ3) is 2.60. The molecule has 21 heavy (non-hydrogen) atoms. The number of nitrogens with one attached hydrogen (secondary N) is 1. The summed E-state index contributed by atoms with van der Waals surface area (Å²) in [4.78, 5) is 15.0. The lowest BCUT2D eigenvalue weighted by atomic mass is 10.0. The van der Waals surface area contributed by atoms with E-state index >= 15 is 0 Å². The zero-order valence-corrected chi connectivity index (χ0v) is 11.2. The number of benzene rings is 1. The fourth-order valence-corrected chi connectivity index (χ4v) is 2.38. The van der Waals surface area contributed by atoms with Gasteiger partial charge in [-0.05, 0) is 12.1 Å². The number of aromatic carboxylic acids is 1. The van der Waals surface area contributed by atoms with E-state index in [1.807, 2.05) is 24.3 Å². The Hall–Kier alpha value is -2.76. The number of carbonyl (C=O) groups is 1. The lowest BCUT2D eigenvalue weighted by Gasteiger charge is -2.27. The van der Waals surface area contributed by atoms with E-state index < -0.39 is 5.97 Å². The van der Waals surface area contributed by atoms with E-state index in [0.717, 1.165) is 17.7 Å². The fourth-order valence-electron chi connectivity index (χ4n) is 2.38.